The highest BCUT2D eigenvalue weighted by Gasteiger charge is 2.21. The standard InChI is InChI=1S/C10H13N3O/c1-3-10(14)13-5-4-8-6-11-12(2)9(8)7-13/h3,6H,1,4-5,7H2,2H3. The summed E-state index contributed by atoms with van der Waals surface area (Å²) in [6.07, 6.45) is 4.13. The number of carbonyl (C=O) groups excluding carboxylic acids is 1. The first-order chi connectivity index (χ1) is 6.72. The average molecular weight is 191 g/mol. The summed E-state index contributed by atoms with van der Waals surface area (Å²) in [4.78, 5) is 13.2. The fourth-order valence-electron chi connectivity index (χ4n) is 1.75. The molecule has 0 fully saturated rings. The zero-order chi connectivity index (χ0) is 10.1. The molecule has 1 aliphatic rings. The molecule has 0 saturated heterocycles. The molecule has 0 spiro atoms. The first-order valence-corrected chi connectivity index (χ1v) is 4.63. The highest BCUT2D eigenvalue weighted by atomic mass is 16.2. The number of hydrogen-bond acceptors (Lipinski definition) is 2. The molecule has 74 valence electrons. The Morgan fingerprint density at radius 2 is 2.50 bits per heavy atom. The lowest BCUT2D eigenvalue weighted by Crippen LogP contribution is -2.35. The van der Waals surface area contributed by atoms with Crippen molar-refractivity contribution in [2.45, 2.75) is 13.0 Å². The fourth-order valence-corrected chi connectivity index (χ4v) is 1.75. The topological polar surface area (TPSA) is 38.1 Å². The zero-order valence-electron chi connectivity index (χ0n) is 8.23. The lowest BCUT2D eigenvalue weighted by Gasteiger charge is -2.26. The zero-order valence-corrected chi connectivity index (χ0v) is 8.23. The van der Waals surface area contributed by atoms with Crippen molar-refractivity contribution in [2.75, 3.05) is 6.54 Å². The smallest absolute Gasteiger partial charge is 0.246 e. The van der Waals surface area contributed by atoms with Crippen LogP contribution in [0.1, 0.15) is 11.3 Å². The number of rotatable bonds is 1. The van der Waals surface area contributed by atoms with Crippen molar-refractivity contribution in [1.82, 2.24) is 14.7 Å². The fraction of sp³-hybridized carbons (Fsp3) is 0.400. The second kappa shape index (κ2) is 3.29. The van der Waals surface area contributed by atoms with Gasteiger partial charge in [0.25, 0.3) is 0 Å². The molecule has 0 atom stereocenters. The van der Waals surface area contributed by atoms with Gasteiger partial charge in [-0.05, 0) is 18.1 Å². The number of aromatic nitrogens is 2. The van der Waals surface area contributed by atoms with Gasteiger partial charge >= 0.3 is 0 Å². The van der Waals surface area contributed by atoms with E-state index in [-0.39, 0.29) is 5.91 Å². The third-order valence-corrected chi connectivity index (χ3v) is 2.63. The molecule has 1 aromatic rings. The maximum atomic E-state index is 11.4. The maximum Gasteiger partial charge on any atom is 0.246 e. The summed E-state index contributed by atoms with van der Waals surface area (Å²) in [5, 5.41) is 4.17. The molecule has 0 radical (unpaired) electrons. The summed E-state index contributed by atoms with van der Waals surface area (Å²) in [6, 6.07) is 0. The van der Waals surface area contributed by atoms with Gasteiger partial charge in [-0.2, -0.15) is 5.10 Å². The Balaban J connectivity index is 2.24. The predicted octanol–water partition coefficient (Wildman–Crippen LogP) is 0.491. The largest absolute Gasteiger partial charge is 0.333 e. The Labute approximate surface area is 82.8 Å². The Hall–Kier alpha value is -1.58. The Morgan fingerprint density at radius 1 is 1.71 bits per heavy atom. The van der Waals surface area contributed by atoms with Crippen LogP contribution in [0.25, 0.3) is 0 Å². The van der Waals surface area contributed by atoms with Crippen LogP contribution >= 0.6 is 0 Å². The van der Waals surface area contributed by atoms with Crippen LogP contribution in [0.4, 0.5) is 0 Å². The van der Waals surface area contributed by atoms with Gasteiger partial charge in [-0.25, -0.2) is 0 Å². The maximum absolute atomic E-state index is 11.4. The van der Waals surface area contributed by atoms with Gasteiger partial charge in [0.2, 0.25) is 5.91 Å². The minimum absolute atomic E-state index is 0.00292. The molecule has 0 unspecified atom stereocenters. The number of fused-ring (bicyclic) bond motifs is 1. The van der Waals surface area contributed by atoms with Crippen LogP contribution in [0, 0.1) is 0 Å². The molecule has 0 aliphatic carbocycles. The molecule has 0 saturated carbocycles. The minimum atomic E-state index is -0.00292. The van der Waals surface area contributed by atoms with Gasteiger partial charge in [0, 0.05) is 13.6 Å². The van der Waals surface area contributed by atoms with Crippen LogP contribution < -0.4 is 0 Å². The first-order valence-electron chi connectivity index (χ1n) is 4.63. The van der Waals surface area contributed by atoms with Crippen molar-refractivity contribution in [3.8, 4) is 0 Å². The van der Waals surface area contributed by atoms with Crippen molar-refractivity contribution in [3.05, 3.63) is 30.1 Å². The van der Waals surface area contributed by atoms with Gasteiger partial charge in [-0.15, -0.1) is 0 Å². The molecule has 1 amide bonds. The summed E-state index contributed by atoms with van der Waals surface area (Å²) in [6.45, 7) is 4.91. The van der Waals surface area contributed by atoms with E-state index in [1.165, 1.54) is 11.6 Å². The minimum Gasteiger partial charge on any atom is -0.333 e. The quantitative estimate of drug-likeness (QED) is 0.606. The van der Waals surface area contributed by atoms with Crippen molar-refractivity contribution < 1.29 is 4.79 Å². The predicted molar refractivity (Wildman–Crippen MR) is 52.5 cm³/mol. The normalized spacial score (nSPS) is 15.1. The molecule has 1 aromatic heterocycles. The van der Waals surface area contributed by atoms with E-state index in [4.69, 9.17) is 0 Å². The molecule has 4 heteroatoms. The van der Waals surface area contributed by atoms with E-state index in [1.54, 1.807) is 4.90 Å². The van der Waals surface area contributed by atoms with Crippen molar-refractivity contribution in [1.29, 1.82) is 0 Å². The van der Waals surface area contributed by atoms with Crippen LogP contribution in [0.3, 0.4) is 0 Å². The van der Waals surface area contributed by atoms with Crippen molar-refractivity contribution >= 4 is 5.91 Å². The van der Waals surface area contributed by atoms with Gasteiger partial charge in [-0.1, -0.05) is 6.58 Å². The third-order valence-electron chi connectivity index (χ3n) is 2.63. The molecule has 0 aromatic carbocycles. The molecule has 1 aliphatic heterocycles. The summed E-state index contributed by atoms with van der Waals surface area (Å²) < 4.78 is 1.83. The Kier molecular flexibility index (Phi) is 2.11. The lowest BCUT2D eigenvalue weighted by atomic mass is 10.1. The van der Waals surface area contributed by atoms with Crippen LogP contribution in [0.15, 0.2) is 18.9 Å². The Morgan fingerprint density at radius 3 is 3.21 bits per heavy atom. The molecule has 0 bridgehead atoms. The SMILES string of the molecule is C=CC(=O)N1CCc2cnn(C)c2C1. The molecule has 0 N–H and O–H groups in total. The van der Waals surface area contributed by atoms with E-state index >= 15 is 0 Å². The summed E-state index contributed by atoms with van der Waals surface area (Å²) in [7, 11) is 1.90. The second-order valence-corrected chi connectivity index (χ2v) is 3.45. The number of nitrogens with zero attached hydrogens (tertiary/aromatic N) is 3. The van der Waals surface area contributed by atoms with Crippen LogP contribution in [-0.2, 0) is 24.8 Å². The summed E-state index contributed by atoms with van der Waals surface area (Å²) in [5.74, 6) is -0.00292. The number of aryl methyl sites for hydroxylation is 1. The van der Waals surface area contributed by atoms with Crippen LogP contribution in [0.5, 0.6) is 0 Å². The lowest BCUT2D eigenvalue weighted by molar-refractivity contribution is -0.126. The number of amides is 1. The summed E-state index contributed by atoms with van der Waals surface area (Å²) in [5.41, 5.74) is 2.38. The van der Waals surface area contributed by atoms with Gasteiger partial charge in [-0.3, -0.25) is 9.48 Å². The highest BCUT2D eigenvalue weighted by molar-refractivity contribution is 5.87. The second-order valence-electron chi connectivity index (χ2n) is 3.45. The molecule has 2 rings (SSSR count). The van der Waals surface area contributed by atoms with Gasteiger partial charge in [0.1, 0.15) is 0 Å². The van der Waals surface area contributed by atoms with E-state index in [9.17, 15) is 4.79 Å². The monoisotopic (exact) mass is 191 g/mol. The number of hydrogen-bond donors (Lipinski definition) is 0. The van der Waals surface area contributed by atoms with Crippen LogP contribution in [-0.4, -0.2) is 27.1 Å². The van der Waals surface area contributed by atoms with E-state index < -0.39 is 0 Å². The summed E-state index contributed by atoms with van der Waals surface area (Å²) >= 11 is 0. The van der Waals surface area contributed by atoms with Gasteiger partial charge in [0.05, 0.1) is 18.4 Å². The van der Waals surface area contributed by atoms with Crippen LogP contribution in [0.2, 0.25) is 0 Å². The van der Waals surface area contributed by atoms with Crippen molar-refractivity contribution in [3.63, 3.8) is 0 Å². The van der Waals surface area contributed by atoms with E-state index in [0.717, 1.165) is 18.7 Å². The molecule has 14 heavy (non-hydrogen) atoms. The average Bonchev–Trinajstić information content (AvgIpc) is 2.59. The Bertz CT molecular complexity index is 381. The molecule has 4 nitrogen and oxygen atoms in total. The first kappa shape index (κ1) is 8.99. The van der Waals surface area contributed by atoms with E-state index in [0.29, 0.717) is 6.54 Å². The number of carbonyl (C=O) groups is 1. The van der Waals surface area contributed by atoms with E-state index in [1.807, 2.05) is 17.9 Å². The highest BCUT2D eigenvalue weighted by Crippen LogP contribution is 2.17. The molecular formula is C10H13N3O. The third kappa shape index (κ3) is 1.32. The van der Waals surface area contributed by atoms with Gasteiger partial charge in [0.15, 0.2) is 0 Å². The van der Waals surface area contributed by atoms with Crippen molar-refractivity contribution in [2.24, 2.45) is 7.05 Å². The van der Waals surface area contributed by atoms with E-state index in [2.05, 4.69) is 11.7 Å². The van der Waals surface area contributed by atoms with Gasteiger partial charge < -0.3 is 4.90 Å². The molecular weight excluding hydrogens is 178 g/mol. The molecule has 2 heterocycles.